The zero-order chi connectivity index (χ0) is 22.0. The lowest BCUT2D eigenvalue weighted by Crippen LogP contribution is -2.34. The molecule has 4 aromatic rings. The van der Waals surface area contributed by atoms with Gasteiger partial charge in [-0.1, -0.05) is 12.1 Å². The molecular weight excluding hydrogens is 396 g/mol. The summed E-state index contributed by atoms with van der Waals surface area (Å²) in [6.45, 7) is 4.89. The molecule has 0 aliphatic heterocycles. The second-order valence-corrected chi connectivity index (χ2v) is 7.57. The molecule has 0 saturated carbocycles. The topological polar surface area (TPSA) is 106 Å². The minimum absolute atomic E-state index is 0.144. The Labute approximate surface area is 178 Å². The molecular formula is C22H24N6O3. The van der Waals surface area contributed by atoms with Crippen molar-refractivity contribution in [1.82, 2.24) is 29.6 Å². The Balaban J connectivity index is 1.65. The fraction of sp³-hybridized carbons (Fsp3) is 0.318. The molecule has 3 aromatic heterocycles. The van der Waals surface area contributed by atoms with Crippen molar-refractivity contribution in [2.75, 3.05) is 20.3 Å². The van der Waals surface area contributed by atoms with Gasteiger partial charge in [0, 0.05) is 31.3 Å². The van der Waals surface area contributed by atoms with Gasteiger partial charge in [0.05, 0.1) is 35.8 Å². The van der Waals surface area contributed by atoms with Gasteiger partial charge in [-0.25, -0.2) is 14.6 Å². The highest BCUT2D eigenvalue weighted by atomic mass is 16.5. The van der Waals surface area contributed by atoms with E-state index in [0.717, 1.165) is 11.0 Å². The lowest BCUT2D eigenvalue weighted by Gasteiger charge is -2.22. The lowest BCUT2D eigenvalue weighted by molar-refractivity contribution is 0.0675. The number of carbonyl (C=O) groups excluding carboxylic acids is 1. The summed E-state index contributed by atoms with van der Waals surface area (Å²) in [6.07, 6.45) is 3.27. The number of methoxy groups -OCH3 is 1. The van der Waals surface area contributed by atoms with Crippen LogP contribution in [0.1, 0.15) is 36.1 Å². The van der Waals surface area contributed by atoms with E-state index in [4.69, 9.17) is 4.74 Å². The minimum atomic E-state index is -0.232. The molecule has 4 rings (SSSR count). The van der Waals surface area contributed by atoms with Crippen molar-refractivity contribution in [3.8, 4) is 0 Å². The van der Waals surface area contributed by atoms with Crippen LogP contribution in [0.3, 0.4) is 0 Å². The quantitative estimate of drug-likeness (QED) is 0.492. The number of amides is 1. The van der Waals surface area contributed by atoms with E-state index in [0.29, 0.717) is 35.4 Å². The van der Waals surface area contributed by atoms with Gasteiger partial charge < -0.3 is 14.6 Å². The van der Waals surface area contributed by atoms with Gasteiger partial charge in [0.25, 0.3) is 11.5 Å². The van der Waals surface area contributed by atoms with E-state index in [1.165, 1.54) is 0 Å². The Morgan fingerprint density at radius 2 is 2.06 bits per heavy atom. The van der Waals surface area contributed by atoms with E-state index < -0.39 is 0 Å². The Morgan fingerprint density at radius 1 is 1.26 bits per heavy atom. The van der Waals surface area contributed by atoms with Gasteiger partial charge in [0.1, 0.15) is 5.82 Å². The second kappa shape index (κ2) is 8.65. The number of H-pyrrole nitrogens is 1. The van der Waals surface area contributed by atoms with E-state index >= 15 is 0 Å². The number of fused-ring (bicyclic) bond motifs is 2. The minimum Gasteiger partial charge on any atom is -0.383 e. The molecule has 160 valence electrons. The van der Waals surface area contributed by atoms with Crippen molar-refractivity contribution < 1.29 is 9.53 Å². The predicted molar refractivity (Wildman–Crippen MR) is 117 cm³/mol. The van der Waals surface area contributed by atoms with E-state index in [9.17, 15) is 9.59 Å². The number of carbonyl (C=O) groups is 1. The van der Waals surface area contributed by atoms with E-state index in [2.05, 4.69) is 20.1 Å². The van der Waals surface area contributed by atoms with Crippen molar-refractivity contribution in [3.05, 3.63) is 64.5 Å². The summed E-state index contributed by atoms with van der Waals surface area (Å²) in [5, 5.41) is 5.66. The second-order valence-electron chi connectivity index (χ2n) is 7.57. The SMILES string of the molecule is COCCN(Cc1nc2ccccc2c(=O)[nH]1)C(=O)c1cnc2c(cnn2C(C)C)c1. The van der Waals surface area contributed by atoms with Crippen LogP contribution in [0.2, 0.25) is 0 Å². The van der Waals surface area contributed by atoms with Crippen LogP contribution in [0.5, 0.6) is 0 Å². The number of para-hydroxylation sites is 1. The van der Waals surface area contributed by atoms with Gasteiger partial charge in [0.2, 0.25) is 0 Å². The third kappa shape index (κ3) is 4.17. The van der Waals surface area contributed by atoms with Gasteiger partial charge in [-0.15, -0.1) is 0 Å². The van der Waals surface area contributed by atoms with Gasteiger partial charge in [-0.05, 0) is 32.0 Å². The Hall–Kier alpha value is -3.59. The van der Waals surface area contributed by atoms with Crippen LogP contribution in [-0.4, -0.2) is 55.8 Å². The van der Waals surface area contributed by atoms with Gasteiger partial charge >= 0.3 is 0 Å². The average molecular weight is 420 g/mol. The molecule has 0 saturated heterocycles. The van der Waals surface area contributed by atoms with Crippen LogP contribution in [0.4, 0.5) is 0 Å². The Bertz CT molecular complexity index is 1290. The van der Waals surface area contributed by atoms with Gasteiger partial charge in [0.15, 0.2) is 5.65 Å². The van der Waals surface area contributed by atoms with Crippen molar-refractivity contribution in [3.63, 3.8) is 0 Å². The summed E-state index contributed by atoms with van der Waals surface area (Å²) >= 11 is 0. The predicted octanol–water partition coefficient (Wildman–Crippen LogP) is 2.54. The first-order valence-electron chi connectivity index (χ1n) is 10.1. The number of ether oxygens (including phenoxy) is 1. The number of nitrogens with zero attached hydrogens (tertiary/aromatic N) is 5. The molecule has 1 amide bonds. The monoisotopic (exact) mass is 420 g/mol. The lowest BCUT2D eigenvalue weighted by atomic mass is 10.2. The smallest absolute Gasteiger partial charge is 0.258 e. The molecule has 0 radical (unpaired) electrons. The normalized spacial score (nSPS) is 11.5. The molecule has 0 bridgehead atoms. The molecule has 0 spiro atoms. The molecule has 1 aromatic carbocycles. The van der Waals surface area contributed by atoms with Crippen molar-refractivity contribution in [2.24, 2.45) is 0 Å². The van der Waals surface area contributed by atoms with Gasteiger partial charge in [-0.2, -0.15) is 5.10 Å². The summed E-state index contributed by atoms with van der Waals surface area (Å²) in [6, 6.07) is 9.06. The average Bonchev–Trinajstić information content (AvgIpc) is 3.20. The third-order valence-corrected chi connectivity index (χ3v) is 5.02. The fourth-order valence-corrected chi connectivity index (χ4v) is 3.46. The zero-order valence-electron chi connectivity index (χ0n) is 17.7. The molecule has 1 N–H and O–H groups in total. The highest BCUT2D eigenvalue weighted by Gasteiger charge is 2.19. The third-order valence-electron chi connectivity index (χ3n) is 5.02. The maximum absolute atomic E-state index is 13.3. The largest absolute Gasteiger partial charge is 0.383 e. The number of aromatic nitrogens is 5. The first-order valence-corrected chi connectivity index (χ1v) is 10.1. The standard InChI is InChI=1S/C22H24N6O3/c1-14(2)28-20-15(12-24-28)10-16(11-23-20)22(30)27(8-9-31-3)13-19-25-18-7-5-4-6-17(18)21(29)26-19/h4-7,10-12,14H,8-9,13H2,1-3H3,(H,25,26,29). The summed E-state index contributed by atoms with van der Waals surface area (Å²) in [7, 11) is 1.58. The van der Waals surface area contributed by atoms with Crippen LogP contribution in [-0.2, 0) is 11.3 Å². The highest BCUT2D eigenvalue weighted by molar-refractivity contribution is 5.96. The van der Waals surface area contributed by atoms with Crippen LogP contribution in [0, 0.1) is 0 Å². The molecule has 0 atom stereocenters. The first-order chi connectivity index (χ1) is 15.0. The molecule has 0 unspecified atom stereocenters. The van der Waals surface area contributed by atoms with Crippen molar-refractivity contribution >= 4 is 27.8 Å². The molecule has 9 nitrogen and oxygen atoms in total. The maximum Gasteiger partial charge on any atom is 0.258 e. The Morgan fingerprint density at radius 3 is 2.84 bits per heavy atom. The van der Waals surface area contributed by atoms with Gasteiger partial charge in [-0.3, -0.25) is 9.59 Å². The molecule has 31 heavy (non-hydrogen) atoms. The molecule has 0 fully saturated rings. The van der Waals surface area contributed by atoms with E-state index in [1.807, 2.05) is 24.6 Å². The fourth-order valence-electron chi connectivity index (χ4n) is 3.46. The number of hydrogen-bond acceptors (Lipinski definition) is 6. The van der Waals surface area contributed by atoms with Crippen molar-refractivity contribution in [2.45, 2.75) is 26.4 Å². The molecule has 0 aliphatic carbocycles. The molecule has 9 heteroatoms. The Kier molecular flexibility index (Phi) is 5.77. The zero-order valence-corrected chi connectivity index (χ0v) is 17.7. The van der Waals surface area contributed by atoms with Crippen LogP contribution in [0.15, 0.2) is 47.5 Å². The summed E-state index contributed by atoms with van der Waals surface area (Å²) < 4.78 is 6.99. The summed E-state index contributed by atoms with van der Waals surface area (Å²) in [5.41, 5.74) is 1.53. The maximum atomic E-state index is 13.3. The number of hydrogen-bond donors (Lipinski definition) is 1. The molecule has 3 heterocycles. The number of nitrogens with one attached hydrogen (secondary N) is 1. The summed E-state index contributed by atoms with van der Waals surface area (Å²) in [4.78, 5) is 39.0. The highest BCUT2D eigenvalue weighted by Crippen LogP contribution is 2.18. The number of rotatable bonds is 7. The van der Waals surface area contributed by atoms with Crippen LogP contribution >= 0.6 is 0 Å². The number of pyridine rings is 1. The molecule has 0 aliphatic rings. The van der Waals surface area contributed by atoms with Crippen LogP contribution < -0.4 is 5.56 Å². The van der Waals surface area contributed by atoms with Crippen molar-refractivity contribution in [1.29, 1.82) is 0 Å². The first kappa shape index (κ1) is 20.7. The van der Waals surface area contributed by atoms with Crippen LogP contribution in [0.25, 0.3) is 21.9 Å². The van der Waals surface area contributed by atoms with E-state index in [1.54, 1.807) is 48.7 Å². The number of benzene rings is 1. The number of aromatic amines is 1. The van der Waals surface area contributed by atoms with E-state index in [-0.39, 0.29) is 24.1 Å². The summed E-state index contributed by atoms with van der Waals surface area (Å²) in [5.74, 6) is 0.189.